The third-order valence-electron chi connectivity index (χ3n) is 2.82. The van der Waals surface area contributed by atoms with Gasteiger partial charge in [-0.1, -0.05) is 52.0 Å². The standard InChI is InChI=1S/C14H23NO/c1-11(2)9-12-5-7-13(8-6-12)14(3,4)10-16-15/h5-8,11H,9-10,15H2,1-4H3. The van der Waals surface area contributed by atoms with Gasteiger partial charge in [-0.3, -0.25) is 0 Å². The first-order valence-corrected chi connectivity index (χ1v) is 5.87. The Morgan fingerprint density at radius 2 is 1.75 bits per heavy atom. The van der Waals surface area contributed by atoms with Gasteiger partial charge in [-0.25, -0.2) is 5.90 Å². The first-order chi connectivity index (χ1) is 7.45. The molecule has 0 saturated carbocycles. The van der Waals surface area contributed by atoms with Crippen LogP contribution in [0, 0.1) is 5.92 Å². The van der Waals surface area contributed by atoms with Crippen molar-refractivity contribution in [3.05, 3.63) is 35.4 Å². The van der Waals surface area contributed by atoms with Crippen LogP contribution >= 0.6 is 0 Å². The molecule has 90 valence electrons. The van der Waals surface area contributed by atoms with Gasteiger partial charge < -0.3 is 4.84 Å². The van der Waals surface area contributed by atoms with Crippen molar-refractivity contribution in [2.75, 3.05) is 6.61 Å². The Labute approximate surface area is 98.8 Å². The Bertz CT molecular complexity index is 314. The molecule has 16 heavy (non-hydrogen) atoms. The minimum absolute atomic E-state index is 0.0227. The van der Waals surface area contributed by atoms with Crippen LogP contribution in [0.4, 0.5) is 0 Å². The molecule has 1 aromatic rings. The molecular formula is C14H23NO. The highest BCUT2D eigenvalue weighted by atomic mass is 16.6. The zero-order valence-electron chi connectivity index (χ0n) is 10.8. The van der Waals surface area contributed by atoms with Crippen molar-refractivity contribution in [1.29, 1.82) is 0 Å². The van der Waals surface area contributed by atoms with Gasteiger partial charge in [-0.05, 0) is 23.5 Å². The molecule has 0 aliphatic carbocycles. The van der Waals surface area contributed by atoms with Crippen LogP contribution in [-0.2, 0) is 16.7 Å². The lowest BCUT2D eigenvalue weighted by Gasteiger charge is -2.24. The predicted molar refractivity (Wildman–Crippen MR) is 68.1 cm³/mol. The Balaban J connectivity index is 2.78. The molecule has 0 atom stereocenters. The van der Waals surface area contributed by atoms with Crippen LogP contribution in [0.1, 0.15) is 38.8 Å². The second-order valence-electron chi connectivity index (χ2n) is 5.49. The minimum Gasteiger partial charge on any atom is -0.304 e. The van der Waals surface area contributed by atoms with E-state index in [-0.39, 0.29) is 5.41 Å². The average Bonchev–Trinajstić information content (AvgIpc) is 2.17. The van der Waals surface area contributed by atoms with Gasteiger partial charge in [0.05, 0.1) is 6.61 Å². The fourth-order valence-electron chi connectivity index (χ4n) is 1.86. The van der Waals surface area contributed by atoms with Gasteiger partial charge in [0, 0.05) is 5.41 Å². The van der Waals surface area contributed by atoms with E-state index in [0.717, 1.165) is 6.42 Å². The Morgan fingerprint density at radius 3 is 2.19 bits per heavy atom. The van der Waals surface area contributed by atoms with Gasteiger partial charge in [0.15, 0.2) is 0 Å². The second kappa shape index (κ2) is 5.46. The summed E-state index contributed by atoms with van der Waals surface area (Å²) in [5, 5.41) is 0. The first-order valence-electron chi connectivity index (χ1n) is 5.87. The molecule has 0 amide bonds. The molecule has 0 unspecified atom stereocenters. The Hall–Kier alpha value is -0.860. The van der Waals surface area contributed by atoms with Gasteiger partial charge in [-0.2, -0.15) is 0 Å². The molecule has 0 bridgehead atoms. The summed E-state index contributed by atoms with van der Waals surface area (Å²) < 4.78 is 0. The molecule has 1 aromatic carbocycles. The van der Waals surface area contributed by atoms with E-state index in [2.05, 4.69) is 52.0 Å². The molecule has 2 heteroatoms. The van der Waals surface area contributed by atoms with Crippen molar-refractivity contribution in [2.24, 2.45) is 11.8 Å². The van der Waals surface area contributed by atoms with E-state index in [1.165, 1.54) is 11.1 Å². The van der Waals surface area contributed by atoms with E-state index in [0.29, 0.717) is 12.5 Å². The number of nitrogens with two attached hydrogens (primary N) is 1. The molecule has 0 aliphatic heterocycles. The molecular weight excluding hydrogens is 198 g/mol. The minimum atomic E-state index is -0.0227. The predicted octanol–water partition coefficient (Wildman–Crippen LogP) is 3.05. The number of hydrogen-bond acceptors (Lipinski definition) is 2. The summed E-state index contributed by atoms with van der Waals surface area (Å²) >= 11 is 0. The monoisotopic (exact) mass is 221 g/mol. The van der Waals surface area contributed by atoms with E-state index in [1.807, 2.05) is 0 Å². The molecule has 0 spiro atoms. The van der Waals surface area contributed by atoms with Crippen molar-refractivity contribution in [1.82, 2.24) is 0 Å². The highest BCUT2D eigenvalue weighted by Crippen LogP contribution is 2.23. The number of rotatable bonds is 5. The molecule has 0 radical (unpaired) electrons. The van der Waals surface area contributed by atoms with Crippen LogP contribution < -0.4 is 5.90 Å². The summed E-state index contributed by atoms with van der Waals surface area (Å²) in [6.45, 7) is 9.28. The van der Waals surface area contributed by atoms with E-state index >= 15 is 0 Å². The summed E-state index contributed by atoms with van der Waals surface area (Å²) in [5.41, 5.74) is 2.64. The van der Waals surface area contributed by atoms with Crippen LogP contribution in [0.25, 0.3) is 0 Å². The smallest absolute Gasteiger partial charge is 0.0770 e. The first kappa shape index (κ1) is 13.2. The van der Waals surface area contributed by atoms with Crippen molar-refractivity contribution in [3.63, 3.8) is 0 Å². The third-order valence-corrected chi connectivity index (χ3v) is 2.82. The fourth-order valence-corrected chi connectivity index (χ4v) is 1.86. The highest BCUT2D eigenvalue weighted by Gasteiger charge is 2.20. The molecule has 0 fully saturated rings. The lowest BCUT2D eigenvalue weighted by atomic mass is 9.85. The molecule has 1 rings (SSSR count). The van der Waals surface area contributed by atoms with Gasteiger partial charge >= 0.3 is 0 Å². The average molecular weight is 221 g/mol. The van der Waals surface area contributed by atoms with Gasteiger partial charge in [0.1, 0.15) is 0 Å². The normalized spacial score (nSPS) is 12.1. The van der Waals surface area contributed by atoms with E-state index in [4.69, 9.17) is 10.7 Å². The van der Waals surface area contributed by atoms with Crippen molar-refractivity contribution < 1.29 is 4.84 Å². The second-order valence-corrected chi connectivity index (χ2v) is 5.49. The fraction of sp³-hybridized carbons (Fsp3) is 0.571. The highest BCUT2D eigenvalue weighted by molar-refractivity contribution is 5.28. The summed E-state index contributed by atoms with van der Waals surface area (Å²) in [6, 6.07) is 8.76. The van der Waals surface area contributed by atoms with Crippen LogP contribution in [0.2, 0.25) is 0 Å². The van der Waals surface area contributed by atoms with Crippen LogP contribution in [-0.4, -0.2) is 6.61 Å². The molecule has 2 N–H and O–H groups in total. The molecule has 0 aromatic heterocycles. The summed E-state index contributed by atoms with van der Waals surface area (Å²) in [5.74, 6) is 5.85. The maximum Gasteiger partial charge on any atom is 0.0770 e. The summed E-state index contributed by atoms with van der Waals surface area (Å²) in [7, 11) is 0. The van der Waals surface area contributed by atoms with Gasteiger partial charge in [-0.15, -0.1) is 0 Å². The lowest BCUT2D eigenvalue weighted by Crippen LogP contribution is -2.26. The zero-order valence-corrected chi connectivity index (χ0v) is 10.8. The van der Waals surface area contributed by atoms with Gasteiger partial charge in [0.25, 0.3) is 0 Å². The number of hydrogen-bond donors (Lipinski definition) is 1. The third kappa shape index (κ3) is 3.62. The quantitative estimate of drug-likeness (QED) is 0.776. The van der Waals surface area contributed by atoms with E-state index < -0.39 is 0 Å². The maximum atomic E-state index is 5.15. The topological polar surface area (TPSA) is 35.2 Å². The van der Waals surface area contributed by atoms with Crippen LogP contribution in [0.15, 0.2) is 24.3 Å². The maximum absolute atomic E-state index is 5.15. The number of benzene rings is 1. The van der Waals surface area contributed by atoms with Crippen LogP contribution in [0.3, 0.4) is 0 Å². The van der Waals surface area contributed by atoms with Crippen molar-refractivity contribution in [3.8, 4) is 0 Å². The zero-order chi connectivity index (χ0) is 12.2. The van der Waals surface area contributed by atoms with E-state index in [1.54, 1.807) is 0 Å². The van der Waals surface area contributed by atoms with Crippen LogP contribution in [0.5, 0.6) is 0 Å². The molecule has 0 saturated heterocycles. The Kier molecular flexibility index (Phi) is 4.51. The van der Waals surface area contributed by atoms with E-state index in [9.17, 15) is 0 Å². The molecule has 2 nitrogen and oxygen atoms in total. The summed E-state index contributed by atoms with van der Waals surface area (Å²) in [6.07, 6.45) is 1.13. The molecule has 0 heterocycles. The SMILES string of the molecule is CC(C)Cc1ccc(C(C)(C)CON)cc1. The van der Waals surface area contributed by atoms with Crippen molar-refractivity contribution in [2.45, 2.75) is 39.5 Å². The largest absolute Gasteiger partial charge is 0.304 e. The lowest BCUT2D eigenvalue weighted by molar-refractivity contribution is 0.0964. The summed E-state index contributed by atoms with van der Waals surface area (Å²) in [4.78, 5) is 4.76. The van der Waals surface area contributed by atoms with Crippen molar-refractivity contribution >= 4 is 0 Å². The van der Waals surface area contributed by atoms with Gasteiger partial charge in [0.2, 0.25) is 0 Å². The Morgan fingerprint density at radius 1 is 1.19 bits per heavy atom. The molecule has 0 aliphatic rings.